The molecule has 0 aliphatic carbocycles. The van der Waals surface area contributed by atoms with E-state index in [4.69, 9.17) is 5.73 Å². The molecule has 2 aromatic rings. The molecule has 0 aliphatic heterocycles. The molecule has 5 nitrogen and oxygen atoms in total. The molecule has 1 unspecified atom stereocenters. The van der Waals surface area contributed by atoms with Crippen LogP contribution in [0.5, 0.6) is 0 Å². The minimum Gasteiger partial charge on any atom is -0.383 e. The number of nitrogen functional groups attached to an aromatic ring is 1. The van der Waals surface area contributed by atoms with Gasteiger partial charge in [-0.15, -0.1) is 11.3 Å². The summed E-state index contributed by atoms with van der Waals surface area (Å²) in [7, 11) is 0. The van der Waals surface area contributed by atoms with E-state index in [0.29, 0.717) is 11.6 Å². The lowest BCUT2D eigenvalue weighted by molar-refractivity contribution is 0.868. The highest BCUT2D eigenvalue weighted by molar-refractivity contribution is 7.11. The second-order valence-corrected chi connectivity index (χ2v) is 5.91. The van der Waals surface area contributed by atoms with Gasteiger partial charge in [-0.25, -0.2) is 15.0 Å². The van der Waals surface area contributed by atoms with Gasteiger partial charge < -0.3 is 11.1 Å². The minimum absolute atomic E-state index is 0.151. The number of anilines is 2. The summed E-state index contributed by atoms with van der Waals surface area (Å²) in [5.41, 5.74) is 7.82. The molecule has 0 saturated heterocycles. The third-order valence-corrected chi connectivity index (χ3v) is 4.24. The van der Waals surface area contributed by atoms with E-state index in [0.717, 1.165) is 22.1 Å². The second kappa shape index (κ2) is 5.13. The van der Waals surface area contributed by atoms with E-state index in [1.807, 2.05) is 27.7 Å². The van der Waals surface area contributed by atoms with Gasteiger partial charge in [0.1, 0.15) is 17.5 Å². The maximum absolute atomic E-state index is 5.87. The van der Waals surface area contributed by atoms with E-state index in [1.54, 1.807) is 11.3 Å². The zero-order valence-corrected chi connectivity index (χ0v) is 12.7. The number of hydrogen-bond donors (Lipinski definition) is 2. The standard InChI is InChI=1S/C13H19N5S/c1-6-12(14)17-9(4)18-13(6)16-8(3)11-7(2)15-10(5)19-11/h8H,1-5H3,(H3,14,16,17,18). The second-order valence-electron chi connectivity index (χ2n) is 4.68. The number of nitrogens with zero attached hydrogens (tertiary/aromatic N) is 3. The predicted octanol–water partition coefficient (Wildman–Crippen LogP) is 2.92. The molecule has 2 heterocycles. The van der Waals surface area contributed by atoms with Gasteiger partial charge in [-0.1, -0.05) is 0 Å². The molecule has 0 radical (unpaired) electrons. The Morgan fingerprint density at radius 2 is 1.79 bits per heavy atom. The van der Waals surface area contributed by atoms with E-state index >= 15 is 0 Å². The SMILES string of the molecule is Cc1nc(N)c(C)c(NC(C)c2sc(C)nc2C)n1. The van der Waals surface area contributed by atoms with Crippen LogP contribution in [0, 0.1) is 27.7 Å². The molecule has 0 bridgehead atoms. The summed E-state index contributed by atoms with van der Waals surface area (Å²) in [6, 6.07) is 0.151. The quantitative estimate of drug-likeness (QED) is 0.902. The molecule has 2 rings (SSSR count). The van der Waals surface area contributed by atoms with E-state index in [1.165, 1.54) is 4.88 Å². The monoisotopic (exact) mass is 277 g/mol. The summed E-state index contributed by atoms with van der Waals surface area (Å²) in [6.45, 7) is 9.92. The summed E-state index contributed by atoms with van der Waals surface area (Å²) >= 11 is 1.71. The Morgan fingerprint density at radius 1 is 1.11 bits per heavy atom. The topological polar surface area (TPSA) is 76.7 Å². The van der Waals surface area contributed by atoms with Gasteiger partial charge in [0.2, 0.25) is 0 Å². The lowest BCUT2D eigenvalue weighted by Crippen LogP contribution is -2.11. The van der Waals surface area contributed by atoms with Crippen LogP contribution < -0.4 is 11.1 Å². The predicted molar refractivity (Wildman–Crippen MR) is 79.5 cm³/mol. The van der Waals surface area contributed by atoms with Gasteiger partial charge in [0.05, 0.1) is 16.7 Å². The van der Waals surface area contributed by atoms with E-state index in [2.05, 4.69) is 27.2 Å². The van der Waals surface area contributed by atoms with Crippen LogP contribution in [0.2, 0.25) is 0 Å². The molecule has 1 atom stereocenters. The number of hydrogen-bond acceptors (Lipinski definition) is 6. The third kappa shape index (κ3) is 2.84. The Labute approximate surface area is 117 Å². The number of aryl methyl sites for hydroxylation is 3. The first-order valence-electron chi connectivity index (χ1n) is 6.19. The van der Waals surface area contributed by atoms with Crippen molar-refractivity contribution in [1.29, 1.82) is 0 Å². The van der Waals surface area contributed by atoms with Crippen molar-refractivity contribution < 1.29 is 0 Å². The Bertz CT molecular complexity index is 605. The number of nitrogens with one attached hydrogen (secondary N) is 1. The van der Waals surface area contributed by atoms with Crippen LogP contribution >= 0.6 is 11.3 Å². The number of aromatic nitrogens is 3. The van der Waals surface area contributed by atoms with Crippen molar-refractivity contribution in [2.24, 2.45) is 0 Å². The normalized spacial score (nSPS) is 12.5. The molecule has 3 N–H and O–H groups in total. The zero-order valence-electron chi connectivity index (χ0n) is 11.9. The molecule has 2 aromatic heterocycles. The largest absolute Gasteiger partial charge is 0.383 e. The van der Waals surface area contributed by atoms with Gasteiger partial charge >= 0.3 is 0 Å². The fourth-order valence-electron chi connectivity index (χ4n) is 2.01. The number of rotatable bonds is 3. The Hall–Kier alpha value is -1.69. The van der Waals surface area contributed by atoms with Crippen molar-refractivity contribution >= 4 is 23.0 Å². The molecule has 0 aliphatic rings. The first kappa shape index (κ1) is 13.7. The van der Waals surface area contributed by atoms with Gasteiger partial charge in [0, 0.05) is 10.4 Å². The van der Waals surface area contributed by atoms with Gasteiger partial charge in [0.15, 0.2) is 0 Å². The molecule has 0 aromatic carbocycles. The molecule has 0 amide bonds. The maximum Gasteiger partial charge on any atom is 0.135 e. The summed E-state index contributed by atoms with van der Waals surface area (Å²) in [4.78, 5) is 14.3. The number of nitrogens with two attached hydrogens (primary N) is 1. The molecule has 6 heteroatoms. The van der Waals surface area contributed by atoms with Crippen LogP contribution in [0.1, 0.15) is 39.9 Å². The zero-order chi connectivity index (χ0) is 14.2. The maximum atomic E-state index is 5.87. The first-order chi connectivity index (χ1) is 8.88. The van der Waals surface area contributed by atoms with Crippen molar-refractivity contribution in [3.8, 4) is 0 Å². The third-order valence-electron chi connectivity index (χ3n) is 2.98. The van der Waals surface area contributed by atoms with Crippen LogP contribution in [-0.2, 0) is 0 Å². The number of thiazole rings is 1. The van der Waals surface area contributed by atoms with Crippen LogP contribution in [0.4, 0.5) is 11.6 Å². The summed E-state index contributed by atoms with van der Waals surface area (Å²) in [6.07, 6.45) is 0. The van der Waals surface area contributed by atoms with Crippen LogP contribution in [0.15, 0.2) is 0 Å². The fraction of sp³-hybridized carbons (Fsp3) is 0.462. The van der Waals surface area contributed by atoms with Crippen molar-refractivity contribution in [2.45, 2.75) is 40.7 Å². The Kier molecular flexibility index (Phi) is 3.71. The van der Waals surface area contributed by atoms with Gasteiger partial charge in [0.25, 0.3) is 0 Å². The lowest BCUT2D eigenvalue weighted by Gasteiger charge is -2.16. The van der Waals surface area contributed by atoms with Crippen molar-refractivity contribution in [3.05, 3.63) is 27.0 Å². The highest BCUT2D eigenvalue weighted by atomic mass is 32.1. The summed E-state index contributed by atoms with van der Waals surface area (Å²) in [5, 5.41) is 4.48. The van der Waals surface area contributed by atoms with Gasteiger partial charge in [-0.3, -0.25) is 0 Å². The van der Waals surface area contributed by atoms with Crippen molar-refractivity contribution in [2.75, 3.05) is 11.1 Å². The van der Waals surface area contributed by atoms with Gasteiger partial charge in [-0.05, 0) is 34.6 Å². The van der Waals surface area contributed by atoms with Crippen LogP contribution in [0.25, 0.3) is 0 Å². The summed E-state index contributed by atoms with van der Waals surface area (Å²) < 4.78 is 0. The smallest absolute Gasteiger partial charge is 0.135 e. The average Bonchev–Trinajstić information content (AvgIpc) is 2.64. The van der Waals surface area contributed by atoms with E-state index in [-0.39, 0.29) is 6.04 Å². The van der Waals surface area contributed by atoms with Crippen molar-refractivity contribution in [1.82, 2.24) is 15.0 Å². The molecule has 0 fully saturated rings. The highest BCUT2D eigenvalue weighted by Gasteiger charge is 2.15. The van der Waals surface area contributed by atoms with Crippen LogP contribution in [0.3, 0.4) is 0 Å². The molecular weight excluding hydrogens is 258 g/mol. The van der Waals surface area contributed by atoms with E-state index < -0.39 is 0 Å². The van der Waals surface area contributed by atoms with Crippen molar-refractivity contribution in [3.63, 3.8) is 0 Å². The molecule has 102 valence electrons. The van der Waals surface area contributed by atoms with E-state index in [9.17, 15) is 0 Å². The van der Waals surface area contributed by atoms with Crippen LogP contribution in [-0.4, -0.2) is 15.0 Å². The first-order valence-corrected chi connectivity index (χ1v) is 7.01. The Balaban J connectivity index is 2.29. The van der Waals surface area contributed by atoms with Gasteiger partial charge in [-0.2, -0.15) is 0 Å². The Morgan fingerprint density at radius 3 is 2.37 bits per heavy atom. The molecule has 19 heavy (non-hydrogen) atoms. The molecule has 0 saturated carbocycles. The summed E-state index contributed by atoms with van der Waals surface area (Å²) in [5.74, 6) is 2.00. The average molecular weight is 277 g/mol. The fourth-order valence-corrected chi connectivity index (χ4v) is 2.94. The highest BCUT2D eigenvalue weighted by Crippen LogP contribution is 2.28. The molecule has 0 spiro atoms. The molecular formula is C13H19N5S. The minimum atomic E-state index is 0.151. The lowest BCUT2D eigenvalue weighted by atomic mass is 10.2.